The molecule has 0 radical (unpaired) electrons. The molecule has 26 heavy (non-hydrogen) atoms. The molecule has 0 bridgehead atoms. The summed E-state index contributed by atoms with van der Waals surface area (Å²) in [5, 5.41) is 0. The Morgan fingerprint density at radius 3 is 2.27 bits per heavy atom. The summed E-state index contributed by atoms with van der Waals surface area (Å²) < 4.78 is 11.4. The fourth-order valence-electron chi connectivity index (χ4n) is 3.10. The SMILES string of the molecule is CC1(C)C(C=C(Cl)Cl)C1C(=O)OCc1ccc(Oc2ccccc2)cc1. The number of benzene rings is 2. The molecule has 0 saturated heterocycles. The highest BCUT2D eigenvalue weighted by Gasteiger charge is 2.61. The van der Waals surface area contributed by atoms with Crippen molar-refractivity contribution in [3.63, 3.8) is 0 Å². The minimum absolute atomic E-state index is 0.0154. The van der Waals surface area contributed by atoms with Crippen molar-refractivity contribution >= 4 is 29.2 Å². The zero-order valence-corrected chi connectivity index (χ0v) is 16.1. The molecule has 1 aliphatic carbocycles. The van der Waals surface area contributed by atoms with Crippen LogP contribution in [0.3, 0.4) is 0 Å². The van der Waals surface area contributed by atoms with Crippen LogP contribution in [0.25, 0.3) is 0 Å². The van der Waals surface area contributed by atoms with E-state index in [1.54, 1.807) is 6.08 Å². The Morgan fingerprint density at radius 2 is 1.65 bits per heavy atom. The number of para-hydroxylation sites is 1. The molecule has 3 rings (SSSR count). The lowest BCUT2D eigenvalue weighted by Gasteiger charge is -2.08. The topological polar surface area (TPSA) is 35.5 Å². The first-order chi connectivity index (χ1) is 12.4. The van der Waals surface area contributed by atoms with Crippen LogP contribution in [-0.4, -0.2) is 5.97 Å². The number of allylic oxidation sites excluding steroid dienone is 1. The Morgan fingerprint density at radius 1 is 1.04 bits per heavy atom. The highest BCUT2D eigenvalue weighted by molar-refractivity contribution is 6.55. The van der Waals surface area contributed by atoms with Gasteiger partial charge in [0.15, 0.2) is 0 Å². The Balaban J connectivity index is 1.54. The van der Waals surface area contributed by atoms with Crippen molar-refractivity contribution in [2.24, 2.45) is 17.3 Å². The molecule has 1 aliphatic rings. The molecule has 3 nitrogen and oxygen atoms in total. The lowest BCUT2D eigenvalue weighted by molar-refractivity contribution is -0.147. The molecular formula is C21H20Cl2O3. The highest BCUT2D eigenvalue weighted by Crippen LogP contribution is 2.60. The van der Waals surface area contributed by atoms with Gasteiger partial charge in [0.25, 0.3) is 0 Å². The van der Waals surface area contributed by atoms with E-state index in [1.165, 1.54) is 0 Å². The number of halogens is 2. The molecule has 5 heteroatoms. The van der Waals surface area contributed by atoms with Crippen LogP contribution in [0.4, 0.5) is 0 Å². The summed E-state index contributed by atoms with van der Waals surface area (Å²) in [7, 11) is 0. The first-order valence-electron chi connectivity index (χ1n) is 8.39. The van der Waals surface area contributed by atoms with Gasteiger partial charge in [-0.2, -0.15) is 0 Å². The second-order valence-corrected chi connectivity index (χ2v) is 7.96. The summed E-state index contributed by atoms with van der Waals surface area (Å²) in [5.41, 5.74) is 0.721. The van der Waals surface area contributed by atoms with Gasteiger partial charge < -0.3 is 9.47 Å². The van der Waals surface area contributed by atoms with Gasteiger partial charge in [0, 0.05) is 0 Å². The lowest BCUT2D eigenvalue weighted by atomic mass is 10.1. The Bertz CT molecular complexity index is 794. The third-order valence-corrected chi connectivity index (χ3v) is 5.01. The number of hydrogen-bond donors (Lipinski definition) is 0. The van der Waals surface area contributed by atoms with E-state index in [0.717, 1.165) is 17.1 Å². The second-order valence-electron chi connectivity index (χ2n) is 6.95. The number of carbonyl (C=O) groups is 1. The van der Waals surface area contributed by atoms with Gasteiger partial charge in [-0.3, -0.25) is 4.79 Å². The van der Waals surface area contributed by atoms with Crippen LogP contribution in [0, 0.1) is 17.3 Å². The molecule has 0 aliphatic heterocycles. The van der Waals surface area contributed by atoms with Gasteiger partial charge in [0.2, 0.25) is 0 Å². The third-order valence-electron chi connectivity index (χ3n) is 4.75. The fourth-order valence-corrected chi connectivity index (χ4v) is 3.37. The third kappa shape index (κ3) is 4.40. The van der Waals surface area contributed by atoms with Crippen molar-refractivity contribution in [2.75, 3.05) is 0 Å². The molecule has 2 atom stereocenters. The molecular weight excluding hydrogens is 371 g/mol. The van der Waals surface area contributed by atoms with E-state index in [0.29, 0.717) is 0 Å². The van der Waals surface area contributed by atoms with Crippen LogP contribution in [0.5, 0.6) is 11.5 Å². The van der Waals surface area contributed by atoms with E-state index in [1.807, 2.05) is 68.4 Å². The molecule has 136 valence electrons. The van der Waals surface area contributed by atoms with Crippen LogP contribution in [0.1, 0.15) is 19.4 Å². The minimum Gasteiger partial charge on any atom is -0.461 e. The molecule has 2 aromatic carbocycles. The van der Waals surface area contributed by atoms with E-state index in [4.69, 9.17) is 32.7 Å². The van der Waals surface area contributed by atoms with Crippen molar-refractivity contribution in [1.82, 2.24) is 0 Å². The van der Waals surface area contributed by atoms with Gasteiger partial charge in [-0.25, -0.2) is 0 Å². The van der Waals surface area contributed by atoms with E-state index in [9.17, 15) is 4.79 Å². The van der Waals surface area contributed by atoms with E-state index in [-0.39, 0.29) is 34.3 Å². The zero-order valence-electron chi connectivity index (χ0n) is 14.6. The van der Waals surface area contributed by atoms with Gasteiger partial charge in [0.1, 0.15) is 22.6 Å². The normalized spacial score (nSPS) is 20.2. The van der Waals surface area contributed by atoms with E-state index >= 15 is 0 Å². The summed E-state index contributed by atoms with van der Waals surface area (Å²) in [6.45, 7) is 4.24. The number of ether oxygens (including phenoxy) is 2. The van der Waals surface area contributed by atoms with Crippen molar-refractivity contribution < 1.29 is 14.3 Å². The summed E-state index contributed by atoms with van der Waals surface area (Å²) >= 11 is 11.4. The summed E-state index contributed by atoms with van der Waals surface area (Å²) in [6.07, 6.45) is 1.71. The molecule has 0 aromatic heterocycles. The maximum atomic E-state index is 12.3. The average molecular weight is 391 g/mol. The standard InChI is InChI=1S/C21H20Cl2O3/c1-21(2)17(12-18(22)23)19(21)20(24)25-13-14-8-10-16(11-9-14)26-15-6-4-3-5-7-15/h3-12,17,19H,13H2,1-2H3. The van der Waals surface area contributed by atoms with Crippen molar-refractivity contribution in [3.8, 4) is 11.5 Å². The summed E-state index contributed by atoms with van der Waals surface area (Å²) in [6, 6.07) is 17.0. The number of hydrogen-bond acceptors (Lipinski definition) is 3. The van der Waals surface area contributed by atoms with Gasteiger partial charge in [-0.15, -0.1) is 0 Å². The molecule has 1 fully saturated rings. The molecule has 2 unspecified atom stereocenters. The molecule has 0 N–H and O–H groups in total. The largest absolute Gasteiger partial charge is 0.461 e. The van der Waals surface area contributed by atoms with Crippen LogP contribution in [0.2, 0.25) is 0 Å². The van der Waals surface area contributed by atoms with Gasteiger partial charge in [0.05, 0.1) is 5.92 Å². The number of rotatable bonds is 6. The molecule has 1 saturated carbocycles. The number of esters is 1. The average Bonchev–Trinajstić information content (AvgIpc) is 3.14. The summed E-state index contributed by atoms with van der Waals surface area (Å²) in [4.78, 5) is 12.3. The van der Waals surface area contributed by atoms with Crippen molar-refractivity contribution in [3.05, 3.63) is 70.7 Å². The zero-order chi connectivity index (χ0) is 18.7. The quantitative estimate of drug-likeness (QED) is 0.557. The maximum absolute atomic E-state index is 12.3. The van der Waals surface area contributed by atoms with Crippen LogP contribution in [0.15, 0.2) is 65.2 Å². The van der Waals surface area contributed by atoms with Crippen LogP contribution >= 0.6 is 23.2 Å². The van der Waals surface area contributed by atoms with Crippen LogP contribution in [-0.2, 0) is 16.1 Å². The molecule has 0 heterocycles. The van der Waals surface area contributed by atoms with Gasteiger partial charge in [-0.1, -0.05) is 67.4 Å². The van der Waals surface area contributed by atoms with Gasteiger partial charge >= 0.3 is 5.97 Å². The summed E-state index contributed by atoms with van der Waals surface area (Å²) in [5.74, 6) is 1.09. The Hall–Kier alpha value is -1.97. The monoisotopic (exact) mass is 390 g/mol. The second kappa shape index (κ2) is 7.73. The predicted molar refractivity (Wildman–Crippen MR) is 103 cm³/mol. The van der Waals surface area contributed by atoms with Crippen LogP contribution < -0.4 is 4.74 Å². The Kier molecular flexibility index (Phi) is 5.59. The van der Waals surface area contributed by atoms with Crippen molar-refractivity contribution in [1.29, 1.82) is 0 Å². The fraction of sp³-hybridized carbons (Fsp3) is 0.286. The predicted octanol–water partition coefficient (Wildman–Crippen LogP) is 6.11. The molecule has 0 amide bonds. The van der Waals surface area contributed by atoms with Gasteiger partial charge in [-0.05, 0) is 47.2 Å². The Labute approximate surface area is 163 Å². The first-order valence-corrected chi connectivity index (χ1v) is 9.15. The maximum Gasteiger partial charge on any atom is 0.310 e. The van der Waals surface area contributed by atoms with Crippen molar-refractivity contribution in [2.45, 2.75) is 20.5 Å². The lowest BCUT2D eigenvalue weighted by Crippen LogP contribution is -2.10. The van der Waals surface area contributed by atoms with E-state index < -0.39 is 0 Å². The highest BCUT2D eigenvalue weighted by atomic mass is 35.5. The van der Waals surface area contributed by atoms with E-state index in [2.05, 4.69) is 0 Å². The first kappa shape index (κ1) is 18.8. The smallest absolute Gasteiger partial charge is 0.310 e. The molecule has 2 aromatic rings. The minimum atomic E-state index is -0.226. The number of carbonyl (C=O) groups excluding carboxylic acids is 1. The molecule has 0 spiro atoms.